The van der Waals surface area contributed by atoms with Crippen molar-refractivity contribution in [3.63, 3.8) is 0 Å². The van der Waals surface area contributed by atoms with E-state index in [0.717, 1.165) is 22.3 Å². The summed E-state index contributed by atoms with van der Waals surface area (Å²) in [5.74, 6) is 0. The molecular formula is C11H12BrN3. The second kappa shape index (κ2) is 4.59. The fraction of sp³-hybridized carbons (Fsp3) is 0.182. The third kappa shape index (κ3) is 2.27. The zero-order valence-corrected chi connectivity index (χ0v) is 9.81. The Bertz CT molecular complexity index is 451. The molecule has 0 radical (unpaired) electrons. The monoisotopic (exact) mass is 265 g/mol. The third-order valence-electron chi connectivity index (χ3n) is 2.17. The molecule has 3 nitrogen and oxygen atoms in total. The number of hydrogen-bond donors (Lipinski definition) is 1. The summed E-state index contributed by atoms with van der Waals surface area (Å²) in [6, 6.07) is 8.04. The van der Waals surface area contributed by atoms with Crippen LogP contribution in [0.15, 0.2) is 41.3 Å². The van der Waals surface area contributed by atoms with Crippen LogP contribution in [0.25, 0.3) is 11.3 Å². The SMILES string of the molecule is NCCn1cnc(-c2ccccc2Br)c1. The van der Waals surface area contributed by atoms with Gasteiger partial charge in [0.25, 0.3) is 0 Å². The number of nitrogens with zero attached hydrogens (tertiary/aromatic N) is 2. The Balaban J connectivity index is 2.33. The minimum Gasteiger partial charge on any atom is -0.336 e. The van der Waals surface area contributed by atoms with Crippen LogP contribution >= 0.6 is 15.9 Å². The molecule has 1 aromatic carbocycles. The molecule has 0 saturated carbocycles. The lowest BCUT2D eigenvalue weighted by Crippen LogP contribution is -2.07. The van der Waals surface area contributed by atoms with Gasteiger partial charge in [0.1, 0.15) is 0 Å². The van der Waals surface area contributed by atoms with E-state index in [4.69, 9.17) is 5.73 Å². The summed E-state index contributed by atoms with van der Waals surface area (Å²) in [6.07, 6.45) is 3.81. The Morgan fingerprint density at radius 3 is 2.87 bits per heavy atom. The summed E-state index contributed by atoms with van der Waals surface area (Å²) in [5.41, 5.74) is 7.55. The van der Waals surface area contributed by atoms with Crippen molar-refractivity contribution >= 4 is 15.9 Å². The summed E-state index contributed by atoms with van der Waals surface area (Å²) in [5, 5.41) is 0. The Morgan fingerprint density at radius 2 is 2.13 bits per heavy atom. The average molecular weight is 266 g/mol. The molecule has 0 aliphatic carbocycles. The van der Waals surface area contributed by atoms with E-state index >= 15 is 0 Å². The van der Waals surface area contributed by atoms with Crippen LogP contribution in [0.1, 0.15) is 0 Å². The molecule has 2 aromatic rings. The van der Waals surface area contributed by atoms with E-state index in [2.05, 4.69) is 20.9 Å². The molecule has 0 fully saturated rings. The zero-order valence-electron chi connectivity index (χ0n) is 8.23. The molecule has 4 heteroatoms. The van der Waals surface area contributed by atoms with Gasteiger partial charge in [-0.25, -0.2) is 4.98 Å². The zero-order chi connectivity index (χ0) is 10.7. The summed E-state index contributed by atoms with van der Waals surface area (Å²) in [6.45, 7) is 1.43. The van der Waals surface area contributed by atoms with Gasteiger partial charge < -0.3 is 10.3 Å². The molecule has 1 heterocycles. The molecule has 0 atom stereocenters. The predicted molar refractivity (Wildman–Crippen MR) is 64.4 cm³/mol. The van der Waals surface area contributed by atoms with Gasteiger partial charge in [0.2, 0.25) is 0 Å². The first-order chi connectivity index (χ1) is 7.31. The first-order valence-corrected chi connectivity index (χ1v) is 5.57. The normalized spacial score (nSPS) is 10.5. The Labute approximate surface area is 97.1 Å². The van der Waals surface area contributed by atoms with E-state index in [9.17, 15) is 0 Å². The van der Waals surface area contributed by atoms with Crippen molar-refractivity contribution in [1.29, 1.82) is 0 Å². The molecular weight excluding hydrogens is 254 g/mol. The summed E-state index contributed by atoms with van der Waals surface area (Å²) in [7, 11) is 0. The molecule has 0 aliphatic heterocycles. The van der Waals surface area contributed by atoms with Gasteiger partial charge in [-0.15, -0.1) is 0 Å². The van der Waals surface area contributed by atoms with Crippen molar-refractivity contribution in [3.8, 4) is 11.3 Å². The molecule has 0 bridgehead atoms. The van der Waals surface area contributed by atoms with E-state index in [1.165, 1.54) is 0 Å². The molecule has 0 aliphatic rings. The lowest BCUT2D eigenvalue weighted by molar-refractivity contribution is 0.708. The maximum atomic E-state index is 5.48. The maximum Gasteiger partial charge on any atom is 0.0954 e. The van der Waals surface area contributed by atoms with Crippen LogP contribution in [0.5, 0.6) is 0 Å². The molecule has 0 amide bonds. The second-order valence-corrected chi connectivity index (χ2v) is 4.12. The van der Waals surface area contributed by atoms with Crippen LogP contribution in [0, 0.1) is 0 Å². The van der Waals surface area contributed by atoms with Crippen molar-refractivity contribution < 1.29 is 0 Å². The van der Waals surface area contributed by atoms with Crippen LogP contribution in [-0.2, 0) is 6.54 Å². The molecule has 2 rings (SSSR count). The lowest BCUT2D eigenvalue weighted by atomic mass is 10.2. The highest BCUT2D eigenvalue weighted by molar-refractivity contribution is 9.10. The first-order valence-electron chi connectivity index (χ1n) is 4.78. The summed E-state index contributed by atoms with van der Waals surface area (Å²) >= 11 is 3.51. The number of hydrogen-bond acceptors (Lipinski definition) is 2. The molecule has 78 valence electrons. The smallest absolute Gasteiger partial charge is 0.0954 e. The Hall–Kier alpha value is -1.13. The number of aromatic nitrogens is 2. The van der Waals surface area contributed by atoms with Crippen LogP contribution < -0.4 is 5.73 Å². The van der Waals surface area contributed by atoms with Gasteiger partial charge in [0, 0.05) is 29.3 Å². The molecule has 15 heavy (non-hydrogen) atoms. The van der Waals surface area contributed by atoms with Crippen LogP contribution in [0.3, 0.4) is 0 Å². The standard InChI is InChI=1S/C11H12BrN3/c12-10-4-2-1-3-9(10)11-7-15(6-5-13)8-14-11/h1-4,7-8H,5-6,13H2. The number of halogens is 1. The third-order valence-corrected chi connectivity index (χ3v) is 2.86. The van der Waals surface area contributed by atoms with Gasteiger partial charge in [-0.2, -0.15) is 0 Å². The van der Waals surface area contributed by atoms with Gasteiger partial charge in [-0.3, -0.25) is 0 Å². The van der Waals surface area contributed by atoms with E-state index in [1.807, 2.05) is 41.4 Å². The number of rotatable bonds is 3. The van der Waals surface area contributed by atoms with Crippen molar-refractivity contribution in [2.75, 3.05) is 6.54 Å². The largest absolute Gasteiger partial charge is 0.336 e. The van der Waals surface area contributed by atoms with Gasteiger partial charge in [0.05, 0.1) is 12.0 Å². The first kappa shape index (κ1) is 10.4. The molecule has 0 saturated heterocycles. The van der Waals surface area contributed by atoms with Gasteiger partial charge in [-0.05, 0) is 6.07 Å². The lowest BCUT2D eigenvalue weighted by Gasteiger charge is -1.99. The van der Waals surface area contributed by atoms with Crippen LogP contribution in [0.2, 0.25) is 0 Å². The number of nitrogens with two attached hydrogens (primary N) is 1. The fourth-order valence-corrected chi connectivity index (χ4v) is 1.93. The van der Waals surface area contributed by atoms with E-state index in [-0.39, 0.29) is 0 Å². The number of benzene rings is 1. The highest BCUT2D eigenvalue weighted by Gasteiger charge is 2.04. The van der Waals surface area contributed by atoms with Crippen molar-refractivity contribution in [1.82, 2.24) is 9.55 Å². The van der Waals surface area contributed by atoms with Crippen LogP contribution in [0.4, 0.5) is 0 Å². The maximum absolute atomic E-state index is 5.48. The van der Waals surface area contributed by atoms with Crippen molar-refractivity contribution in [2.45, 2.75) is 6.54 Å². The van der Waals surface area contributed by atoms with Crippen LogP contribution in [-0.4, -0.2) is 16.1 Å². The van der Waals surface area contributed by atoms with E-state index < -0.39 is 0 Å². The van der Waals surface area contributed by atoms with E-state index in [0.29, 0.717) is 6.54 Å². The summed E-state index contributed by atoms with van der Waals surface area (Å²) in [4.78, 5) is 4.34. The average Bonchev–Trinajstić information content (AvgIpc) is 2.68. The predicted octanol–water partition coefficient (Wildman–Crippen LogP) is 2.27. The molecule has 0 spiro atoms. The number of imidazole rings is 1. The Kier molecular flexibility index (Phi) is 3.18. The minimum atomic E-state index is 0.631. The van der Waals surface area contributed by atoms with Gasteiger partial charge in [0.15, 0.2) is 0 Å². The quantitative estimate of drug-likeness (QED) is 0.926. The fourth-order valence-electron chi connectivity index (χ4n) is 1.44. The topological polar surface area (TPSA) is 43.8 Å². The second-order valence-electron chi connectivity index (χ2n) is 3.27. The molecule has 2 N–H and O–H groups in total. The molecule has 0 unspecified atom stereocenters. The Morgan fingerprint density at radius 1 is 1.33 bits per heavy atom. The minimum absolute atomic E-state index is 0.631. The highest BCUT2D eigenvalue weighted by Crippen LogP contribution is 2.25. The van der Waals surface area contributed by atoms with Gasteiger partial charge in [-0.1, -0.05) is 34.1 Å². The highest BCUT2D eigenvalue weighted by atomic mass is 79.9. The molecule has 1 aromatic heterocycles. The summed E-state index contributed by atoms with van der Waals surface area (Å²) < 4.78 is 3.05. The van der Waals surface area contributed by atoms with Crippen molar-refractivity contribution in [3.05, 3.63) is 41.3 Å². The van der Waals surface area contributed by atoms with Crippen molar-refractivity contribution in [2.24, 2.45) is 5.73 Å². The van der Waals surface area contributed by atoms with Gasteiger partial charge >= 0.3 is 0 Å². The van der Waals surface area contributed by atoms with E-state index in [1.54, 1.807) is 0 Å².